The van der Waals surface area contributed by atoms with Crippen molar-refractivity contribution >= 4 is 17.9 Å². The topological polar surface area (TPSA) is 78.9 Å². The van der Waals surface area contributed by atoms with E-state index in [1.165, 1.54) is 141 Å². The molecule has 0 saturated heterocycles. The Labute approximate surface area is 488 Å². The summed E-state index contributed by atoms with van der Waals surface area (Å²) in [6.07, 6.45) is 92.2. The molecule has 0 spiro atoms. The van der Waals surface area contributed by atoms with E-state index in [9.17, 15) is 14.4 Å². The molecule has 0 fully saturated rings. The minimum atomic E-state index is -0.795. The molecule has 450 valence electrons. The van der Waals surface area contributed by atoms with Crippen LogP contribution < -0.4 is 0 Å². The van der Waals surface area contributed by atoms with Crippen molar-refractivity contribution in [2.75, 3.05) is 13.2 Å². The summed E-state index contributed by atoms with van der Waals surface area (Å²) < 4.78 is 16.9. The molecule has 0 amide bonds. The normalized spacial score (nSPS) is 12.9. The Hall–Kier alpha value is -4.19. The van der Waals surface area contributed by atoms with Gasteiger partial charge in [0.2, 0.25) is 0 Å². The number of unbranched alkanes of at least 4 members (excludes halogenated alkanes) is 28. The number of rotatable bonds is 59. The van der Waals surface area contributed by atoms with Gasteiger partial charge < -0.3 is 14.2 Å². The van der Waals surface area contributed by atoms with Crippen LogP contribution in [-0.4, -0.2) is 37.2 Å². The first-order valence-corrected chi connectivity index (χ1v) is 33.0. The zero-order valence-electron chi connectivity index (χ0n) is 51.6. The smallest absolute Gasteiger partial charge is 0.306 e. The average molecular weight is 1100 g/mol. The Morgan fingerprint density at radius 3 is 0.772 bits per heavy atom. The molecule has 0 heterocycles. The zero-order chi connectivity index (χ0) is 57.1. The van der Waals surface area contributed by atoms with Gasteiger partial charge in [-0.1, -0.05) is 309 Å². The molecule has 0 aliphatic rings. The molecule has 0 aromatic rings. The van der Waals surface area contributed by atoms with Crippen molar-refractivity contribution in [3.05, 3.63) is 122 Å². The van der Waals surface area contributed by atoms with Gasteiger partial charge in [0, 0.05) is 19.3 Å². The Morgan fingerprint density at radius 1 is 0.266 bits per heavy atom. The van der Waals surface area contributed by atoms with Crippen LogP contribution >= 0.6 is 0 Å². The van der Waals surface area contributed by atoms with Crippen LogP contribution in [0.4, 0.5) is 0 Å². The van der Waals surface area contributed by atoms with E-state index in [2.05, 4.69) is 142 Å². The number of hydrogen-bond acceptors (Lipinski definition) is 6. The van der Waals surface area contributed by atoms with Crippen LogP contribution in [0.1, 0.15) is 303 Å². The lowest BCUT2D eigenvalue weighted by molar-refractivity contribution is -0.167. The minimum absolute atomic E-state index is 0.0894. The first-order chi connectivity index (χ1) is 39.0. The lowest BCUT2D eigenvalue weighted by Crippen LogP contribution is -2.30. The summed E-state index contributed by atoms with van der Waals surface area (Å²) in [5.74, 6) is -0.928. The first kappa shape index (κ1) is 74.8. The molecular formula is C73H122O6. The number of allylic oxidation sites excluding steroid dienone is 20. The minimum Gasteiger partial charge on any atom is -0.462 e. The molecule has 0 bridgehead atoms. The fourth-order valence-electron chi connectivity index (χ4n) is 9.06. The molecule has 0 aliphatic carbocycles. The maximum absolute atomic E-state index is 12.9. The van der Waals surface area contributed by atoms with Crippen molar-refractivity contribution < 1.29 is 28.6 Å². The fourth-order valence-corrected chi connectivity index (χ4v) is 9.06. The van der Waals surface area contributed by atoms with Crippen molar-refractivity contribution in [3.63, 3.8) is 0 Å². The van der Waals surface area contributed by atoms with Crippen LogP contribution in [0, 0.1) is 0 Å². The predicted octanol–water partition coefficient (Wildman–Crippen LogP) is 22.8. The molecule has 0 aliphatic heterocycles. The number of carbonyl (C=O) groups is 3. The molecule has 0 N–H and O–H groups in total. The van der Waals surface area contributed by atoms with E-state index in [1.807, 2.05) is 0 Å². The summed E-state index contributed by atoms with van der Waals surface area (Å²) in [7, 11) is 0. The lowest BCUT2D eigenvalue weighted by atomic mass is 10.0. The van der Waals surface area contributed by atoms with Crippen LogP contribution in [0.15, 0.2) is 122 Å². The third-order valence-electron chi connectivity index (χ3n) is 14.0. The second-order valence-electron chi connectivity index (χ2n) is 21.7. The van der Waals surface area contributed by atoms with Crippen LogP contribution in [0.5, 0.6) is 0 Å². The molecule has 1 unspecified atom stereocenters. The highest BCUT2D eigenvalue weighted by Crippen LogP contribution is 2.16. The van der Waals surface area contributed by atoms with Crippen molar-refractivity contribution in [1.82, 2.24) is 0 Å². The number of hydrogen-bond donors (Lipinski definition) is 0. The van der Waals surface area contributed by atoms with Crippen LogP contribution in [0.25, 0.3) is 0 Å². The number of esters is 3. The van der Waals surface area contributed by atoms with Crippen molar-refractivity contribution in [1.29, 1.82) is 0 Å². The van der Waals surface area contributed by atoms with Gasteiger partial charge in [-0.15, -0.1) is 0 Å². The van der Waals surface area contributed by atoms with Gasteiger partial charge in [0.15, 0.2) is 6.10 Å². The van der Waals surface area contributed by atoms with Gasteiger partial charge in [0.1, 0.15) is 13.2 Å². The number of ether oxygens (including phenoxy) is 3. The summed E-state index contributed by atoms with van der Waals surface area (Å²) >= 11 is 0. The molecule has 0 rings (SSSR count). The Morgan fingerprint density at radius 2 is 0.494 bits per heavy atom. The quantitative estimate of drug-likeness (QED) is 0.0261. The standard InChI is InChI=1S/C73H122O6/c1-4-7-10-13-16-19-22-24-26-28-30-31-32-33-34-35-36-37-38-39-40-41-42-43-44-46-47-49-51-54-57-60-63-66-72(75)78-69-70(68-77-71(74)65-62-59-56-53-21-18-15-12-9-6-3)79-73(76)67-64-61-58-55-52-50-48-45-29-27-25-23-20-17-14-11-8-5-2/h7,10,16,19,24,26,30-31,33-34,36-37,39-40,42-43,46-47,51,54,70H,4-6,8-9,11-15,17-18,20-23,25,27-29,32,35,38,41,44-45,48-50,52-53,55-69H2,1-3H3/b10-7-,19-16-,26-24-,31-30-,34-33-,37-36-,40-39-,43-42-,47-46-,54-51-. The van der Waals surface area contributed by atoms with E-state index >= 15 is 0 Å². The predicted molar refractivity (Wildman–Crippen MR) is 343 cm³/mol. The molecule has 0 aromatic carbocycles. The summed E-state index contributed by atoms with van der Waals surface area (Å²) in [6, 6.07) is 0. The second kappa shape index (κ2) is 66.3. The molecule has 6 nitrogen and oxygen atoms in total. The third-order valence-corrected chi connectivity index (χ3v) is 14.0. The monoisotopic (exact) mass is 1090 g/mol. The number of carbonyl (C=O) groups excluding carboxylic acids is 3. The Bertz CT molecular complexity index is 1640. The highest BCUT2D eigenvalue weighted by Gasteiger charge is 2.19. The van der Waals surface area contributed by atoms with Crippen LogP contribution in [0.2, 0.25) is 0 Å². The molecular weight excluding hydrogens is 973 g/mol. The summed E-state index contributed by atoms with van der Waals surface area (Å²) in [6.45, 7) is 6.50. The zero-order valence-corrected chi connectivity index (χ0v) is 51.6. The van der Waals surface area contributed by atoms with Gasteiger partial charge in [0.25, 0.3) is 0 Å². The summed E-state index contributed by atoms with van der Waals surface area (Å²) in [5.41, 5.74) is 0. The molecule has 0 radical (unpaired) electrons. The second-order valence-corrected chi connectivity index (χ2v) is 21.7. The maximum atomic E-state index is 12.9. The molecule has 79 heavy (non-hydrogen) atoms. The lowest BCUT2D eigenvalue weighted by Gasteiger charge is -2.18. The van der Waals surface area contributed by atoms with E-state index in [-0.39, 0.29) is 31.1 Å². The Kier molecular flexibility index (Phi) is 62.8. The molecule has 6 heteroatoms. The van der Waals surface area contributed by atoms with Crippen LogP contribution in [0.3, 0.4) is 0 Å². The maximum Gasteiger partial charge on any atom is 0.306 e. The average Bonchev–Trinajstić information content (AvgIpc) is 3.45. The van der Waals surface area contributed by atoms with Gasteiger partial charge in [0.05, 0.1) is 0 Å². The molecule has 1 atom stereocenters. The van der Waals surface area contributed by atoms with Gasteiger partial charge in [-0.25, -0.2) is 0 Å². The van der Waals surface area contributed by atoms with Gasteiger partial charge in [-0.2, -0.15) is 0 Å². The first-order valence-electron chi connectivity index (χ1n) is 33.0. The third kappa shape index (κ3) is 64.5. The van der Waals surface area contributed by atoms with E-state index in [0.29, 0.717) is 19.3 Å². The summed E-state index contributed by atoms with van der Waals surface area (Å²) in [4.78, 5) is 38.2. The van der Waals surface area contributed by atoms with Crippen molar-refractivity contribution in [2.24, 2.45) is 0 Å². The van der Waals surface area contributed by atoms with E-state index in [0.717, 1.165) is 122 Å². The van der Waals surface area contributed by atoms with Gasteiger partial charge in [-0.05, 0) is 96.3 Å². The fraction of sp³-hybridized carbons (Fsp3) is 0.685. The molecule has 0 aromatic heterocycles. The van der Waals surface area contributed by atoms with Crippen molar-refractivity contribution in [2.45, 2.75) is 309 Å². The summed E-state index contributed by atoms with van der Waals surface area (Å²) in [5, 5.41) is 0. The van der Waals surface area contributed by atoms with E-state index < -0.39 is 6.10 Å². The highest BCUT2D eigenvalue weighted by molar-refractivity contribution is 5.71. The molecule has 0 saturated carbocycles. The van der Waals surface area contributed by atoms with E-state index in [1.54, 1.807) is 0 Å². The largest absolute Gasteiger partial charge is 0.462 e. The van der Waals surface area contributed by atoms with Gasteiger partial charge in [-0.3, -0.25) is 14.4 Å². The van der Waals surface area contributed by atoms with Crippen molar-refractivity contribution in [3.8, 4) is 0 Å². The SMILES string of the molecule is CC/C=C\C/C=C\C/C=C\C/C=C\C/C=C\C/C=C\C/C=C\C/C=C\C/C=C\C/C=C\CCCCC(=O)OCC(COC(=O)CCCCCCCCCCCC)OC(=O)CCCCCCCCCCCCCCCCCCCC. The van der Waals surface area contributed by atoms with E-state index in [4.69, 9.17) is 14.2 Å². The van der Waals surface area contributed by atoms with Gasteiger partial charge >= 0.3 is 17.9 Å². The van der Waals surface area contributed by atoms with Crippen LogP contribution in [-0.2, 0) is 28.6 Å². The highest BCUT2D eigenvalue weighted by atomic mass is 16.6. The Balaban J connectivity index is 4.31.